The first-order valence-corrected chi connectivity index (χ1v) is 9.07. The molecule has 0 spiro atoms. The zero-order valence-electron chi connectivity index (χ0n) is 13.3. The van der Waals surface area contributed by atoms with Crippen LogP contribution in [0, 0.1) is 13.8 Å². The molecule has 5 nitrogen and oxygen atoms in total. The number of halogens is 1. The van der Waals surface area contributed by atoms with Crippen LogP contribution >= 0.6 is 15.9 Å². The summed E-state index contributed by atoms with van der Waals surface area (Å²) in [5.41, 5.74) is 2.07. The van der Waals surface area contributed by atoms with Gasteiger partial charge in [-0.15, -0.1) is 0 Å². The topological polar surface area (TPSA) is 64.6 Å². The third-order valence-corrected chi connectivity index (χ3v) is 5.50. The number of aryl methyl sites for hydroxylation is 2. The van der Waals surface area contributed by atoms with Crippen LogP contribution in [0.4, 0.5) is 5.69 Å². The SMILES string of the molecule is COc1cc(C)c(S(=O)(=O)Nc2ccc(C)cc2Br)cc1OC. The van der Waals surface area contributed by atoms with Gasteiger partial charge in [0.1, 0.15) is 0 Å². The van der Waals surface area contributed by atoms with Gasteiger partial charge >= 0.3 is 0 Å². The molecule has 0 atom stereocenters. The van der Waals surface area contributed by atoms with E-state index in [2.05, 4.69) is 20.7 Å². The van der Waals surface area contributed by atoms with E-state index in [0.29, 0.717) is 27.2 Å². The van der Waals surface area contributed by atoms with Crippen molar-refractivity contribution in [3.8, 4) is 11.5 Å². The Bertz CT molecular complexity index is 834. The molecule has 0 fully saturated rings. The van der Waals surface area contributed by atoms with Gasteiger partial charge < -0.3 is 9.47 Å². The first-order valence-electron chi connectivity index (χ1n) is 6.80. The molecule has 2 aromatic rings. The minimum atomic E-state index is -3.75. The van der Waals surface area contributed by atoms with Crippen LogP contribution < -0.4 is 14.2 Å². The van der Waals surface area contributed by atoms with Crippen molar-refractivity contribution >= 4 is 31.6 Å². The van der Waals surface area contributed by atoms with Gasteiger partial charge in [-0.25, -0.2) is 8.42 Å². The highest BCUT2D eigenvalue weighted by Gasteiger charge is 2.21. The number of hydrogen-bond donors (Lipinski definition) is 1. The zero-order valence-corrected chi connectivity index (χ0v) is 15.7. The highest BCUT2D eigenvalue weighted by molar-refractivity contribution is 9.10. The number of benzene rings is 2. The Morgan fingerprint density at radius 3 is 2.17 bits per heavy atom. The minimum absolute atomic E-state index is 0.141. The van der Waals surface area contributed by atoms with Gasteiger partial charge in [0.2, 0.25) is 0 Å². The number of sulfonamides is 1. The van der Waals surface area contributed by atoms with Crippen molar-refractivity contribution in [1.29, 1.82) is 0 Å². The van der Waals surface area contributed by atoms with E-state index in [4.69, 9.17) is 9.47 Å². The third kappa shape index (κ3) is 3.79. The highest BCUT2D eigenvalue weighted by Crippen LogP contribution is 2.34. The quantitative estimate of drug-likeness (QED) is 0.827. The van der Waals surface area contributed by atoms with E-state index < -0.39 is 10.0 Å². The van der Waals surface area contributed by atoms with Crippen LogP contribution in [0.25, 0.3) is 0 Å². The van der Waals surface area contributed by atoms with E-state index >= 15 is 0 Å². The molecule has 0 saturated carbocycles. The largest absolute Gasteiger partial charge is 0.493 e. The molecule has 0 unspecified atom stereocenters. The van der Waals surface area contributed by atoms with E-state index in [0.717, 1.165) is 5.56 Å². The third-order valence-electron chi connectivity index (χ3n) is 3.34. The lowest BCUT2D eigenvalue weighted by atomic mass is 10.2. The Morgan fingerprint density at radius 2 is 1.61 bits per heavy atom. The molecule has 2 aromatic carbocycles. The van der Waals surface area contributed by atoms with Gasteiger partial charge in [0.25, 0.3) is 10.0 Å². The highest BCUT2D eigenvalue weighted by atomic mass is 79.9. The average molecular weight is 400 g/mol. The van der Waals surface area contributed by atoms with E-state index in [1.165, 1.54) is 20.3 Å². The molecule has 0 amide bonds. The van der Waals surface area contributed by atoms with Crippen LogP contribution in [0.15, 0.2) is 39.7 Å². The maximum Gasteiger partial charge on any atom is 0.262 e. The van der Waals surface area contributed by atoms with Crippen LogP contribution in [0.2, 0.25) is 0 Å². The first kappa shape index (κ1) is 17.6. The molecule has 124 valence electrons. The fourth-order valence-corrected chi connectivity index (χ4v) is 4.20. The lowest BCUT2D eigenvalue weighted by molar-refractivity contribution is 0.353. The maximum absolute atomic E-state index is 12.7. The molecule has 1 N–H and O–H groups in total. The van der Waals surface area contributed by atoms with Gasteiger partial charge in [-0.1, -0.05) is 6.07 Å². The summed E-state index contributed by atoms with van der Waals surface area (Å²) in [5, 5.41) is 0. The summed E-state index contributed by atoms with van der Waals surface area (Å²) in [7, 11) is -0.780. The Labute approximate surface area is 144 Å². The number of methoxy groups -OCH3 is 2. The number of ether oxygens (including phenoxy) is 2. The monoisotopic (exact) mass is 399 g/mol. The van der Waals surface area contributed by atoms with E-state index in [1.54, 1.807) is 19.1 Å². The van der Waals surface area contributed by atoms with Gasteiger partial charge in [0.15, 0.2) is 11.5 Å². The Balaban J connectivity index is 2.47. The minimum Gasteiger partial charge on any atom is -0.493 e. The molecule has 0 saturated heterocycles. The summed E-state index contributed by atoms with van der Waals surface area (Å²) in [6, 6.07) is 8.49. The van der Waals surface area contributed by atoms with Gasteiger partial charge in [0, 0.05) is 10.5 Å². The number of nitrogens with one attached hydrogen (secondary N) is 1. The fourth-order valence-electron chi connectivity index (χ4n) is 2.15. The molecule has 0 aromatic heterocycles. The van der Waals surface area contributed by atoms with Crippen LogP contribution in [0.5, 0.6) is 11.5 Å². The lowest BCUT2D eigenvalue weighted by Crippen LogP contribution is -2.15. The number of rotatable bonds is 5. The standard InChI is InChI=1S/C16H18BrNO4S/c1-10-5-6-13(12(17)7-10)18-23(19,20)16-9-15(22-4)14(21-3)8-11(16)2/h5-9,18H,1-4H3. The summed E-state index contributed by atoms with van der Waals surface area (Å²) >= 11 is 3.37. The molecule has 0 heterocycles. The molecular weight excluding hydrogens is 382 g/mol. The van der Waals surface area contributed by atoms with Gasteiger partial charge in [0.05, 0.1) is 24.8 Å². The maximum atomic E-state index is 12.7. The van der Waals surface area contributed by atoms with Crippen molar-refractivity contribution in [1.82, 2.24) is 0 Å². The molecule has 0 aliphatic heterocycles. The van der Waals surface area contributed by atoms with Crippen molar-refractivity contribution in [2.24, 2.45) is 0 Å². The lowest BCUT2D eigenvalue weighted by Gasteiger charge is -2.15. The van der Waals surface area contributed by atoms with Crippen molar-refractivity contribution in [3.05, 3.63) is 45.9 Å². The van der Waals surface area contributed by atoms with E-state index in [9.17, 15) is 8.42 Å². The second-order valence-electron chi connectivity index (χ2n) is 5.06. The first-order chi connectivity index (χ1) is 10.8. The second-order valence-corrected chi connectivity index (χ2v) is 7.57. The molecule has 23 heavy (non-hydrogen) atoms. The van der Waals surface area contributed by atoms with Crippen molar-refractivity contribution in [3.63, 3.8) is 0 Å². The number of hydrogen-bond acceptors (Lipinski definition) is 4. The molecule has 2 rings (SSSR count). The number of anilines is 1. The van der Waals surface area contributed by atoms with E-state index in [1.807, 2.05) is 19.1 Å². The Hall–Kier alpha value is -1.73. The van der Waals surface area contributed by atoms with Crippen molar-refractivity contribution in [2.45, 2.75) is 18.7 Å². The Morgan fingerprint density at radius 1 is 1.00 bits per heavy atom. The predicted molar refractivity (Wildman–Crippen MR) is 94.0 cm³/mol. The second kappa shape index (κ2) is 6.80. The summed E-state index contributed by atoms with van der Waals surface area (Å²) < 4.78 is 39.0. The van der Waals surface area contributed by atoms with Gasteiger partial charge in [-0.05, 0) is 59.1 Å². The normalized spacial score (nSPS) is 11.2. The van der Waals surface area contributed by atoms with E-state index in [-0.39, 0.29) is 4.90 Å². The molecule has 0 aliphatic carbocycles. The predicted octanol–water partition coefficient (Wildman–Crippen LogP) is 3.88. The Kier molecular flexibility index (Phi) is 5.21. The summed E-state index contributed by atoms with van der Waals surface area (Å²) in [6.07, 6.45) is 0. The van der Waals surface area contributed by atoms with Crippen LogP contribution in [-0.4, -0.2) is 22.6 Å². The molecule has 0 aliphatic rings. The van der Waals surface area contributed by atoms with Crippen LogP contribution in [0.1, 0.15) is 11.1 Å². The van der Waals surface area contributed by atoms with Gasteiger partial charge in [-0.2, -0.15) is 0 Å². The average Bonchev–Trinajstić information content (AvgIpc) is 2.49. The summed E-state index contributed by atoms with van der Waals surface area (Å²) in [4.78, 5) is 0.141. The van der Waals surface area contributed by atoms with Gasteiger partial charge in [-0.3, -0.25) is 4.72 Å². The van der Waals surface area contributed by atoms with Crippen molar-refractivity contribution in [2.75, 3.05) is 18.9 Å². The van der Waals surface area contributed by atoms with Crippen LogP contribution in [-0.2, 0) is 10.0 Å². The summed E-state index contributed by atoms with van der Waals surface area (Å²) in [5.74, 6) is 0.849. The fraction of sp³-hybridized carbons (Fsp3) is 0.250. The molecule has 7 heteroatoms. The smallest absolute Gasteiger partial charge is 0.262 e. The van der Waals surface area contributed by atoms with Crippen LogP contribution in [0.3, 0.4) is 0 Å². The molecule has 0 radical (unpaired) electrons. The molecular formula is C16H18BrNO4S. The molecule has 0 bridgehead atoms. The zero-order chi connectivity index (χ0) is 17.2. The summed E-state index contributed by atoms with van der Waals surface area (Å²) in [6.45, 7) is 3.64. The van der Waals surface area contributed by atoms with Crippen molar-refractivity contribution < 1.29 is 17.9 Å².